The zero-order valence-electron chi connectivity index (χ0n) is 5.94. The van der Waals surface area contributed by atoms with Gasteiger partial charge in [-0.15, -0.1) is 10.2 Å². The monoisotopic (exact) mass is 225 g/mol. The Labute approximate surface area is 76.8 Å². The predicted octanol–water partition coefficient (Wildman–Crippen LogP) is 1.89. The molecule has 0 spiro atoms. The lowest BCUT2D eigenvalue weighted by Gasteiger charge is -1.92. The first-order valence-electron chi connectivity index (χ1n) is 3.24. The highest BCUT2D eigenvalue weighted by molar-refractivity contribution is 9.10. The fraction of sp³-hybridized carbons (Fsp3) is 0. The van der Waals surface area contributed by atoms with Crippen LogP contribution < -0.4 is 0 Å². The molecule has 0 aliphatic carbocycles. The summed E-state index contributed by atoms with van der Waals surface area (Å²) >= 11 is 3.25. The lowest BCUT2D eigenvalue weighted by molar-refractivity contribution is 0.568. The number of hydrogen-bond donors (Lipinski definition) is 0. The van der Waals surface area contributed by atoms with E-state index in [9.17, 15) is 0 Å². The van der Waals surface area contributed by atoms with Crippen LogP contribution in [0.2, 0.25) is 0 Å². The second kappa shape index (κ2) is 3.02. The summed E-state index contributed by atoms with van der Waals surface area (Å²) in [5, 5.41) is 7.34. The maximum atomic E-state index is 5.00. The predicted molar refractivity (Wildman–Crippen MR) is 45.2 cm³/mol. The maximum Gasteiger partial charge on any atom is 0.247 e. The fourth-order valence-corrected chi connectivity index (χ4v) is 1.20. The van der Waals surface area contributed by atoms with Crippen LogP contribution in [-0.2, 0) is 0 Å². The number of nitrogens with zero attached hydrogens (tertiary/aromatic N) is 3. The average molecular weight is 226 g/mol. The van der Waals surface area contributed by atoms with Crippen LogP contribution in [-0.4, -0.2) is 15.2 Å². The number of pyridine rings is 1. The van der Waals surface area contributed by atoms with Crippen molar-refractivity contribution in [1.82, 2.24) is 15.2 Å². The van der Waals surface area contributed by atoms with Gasteiger partial charge in [-0.3, -0.25) is 0 Å². The van der Waals surface area contributed by atoms with E-state index >= 15 is 0 Å². The summed E-state index contributed by atoms with van der Waals surface area (Å²) in [6.45, 7) is 0. The van der Waals surface area contributed by atoms with E-state index < -0.39 is 0 Å². The van der Waals surface area contributed by atoms with E-state index in [1.54, 1.807) is 12.3 Å². The highest BCUT2D eigenvalue weighted by Gasteiger charge is 2.02. The van der Waals surface area contributed by atoms with Gasteiger partial charge in [0.15, 0.2) is 0 Å². The SMILES string of the molecule is Brc1cc(-c2nnco2)ccn1. The number of halogens is 1. The van der Waals surface area contributed by atoms with E-state index in [0.29, 0.717) is 5.89 Å². The minimum atomic E-state index is 0.498. The summed E-state index contributed by atoms with van der Waals surface area (Å²) in [6, 6.07) is 3.62. The molecule has 60 valence electrons. The first kappa shape index (κ1) is 7.42. The third-order valence-corrected chi connectivity index (χ3v) is 1.77. The highest BCUT2D eigenvalue weighted by atomic mass is 79.9. The molecule has 2 aromatic rings. The normalized spacial score (nSPS) is 10.1. The van der Waals surface area contributed by atoms with Crippen LogP contribution >= 0.6 is 15.9 Å². The molecule has 4 nitrogen and oxygen atoms in total. The summed E-state index contributed by atoms with van der Waals surface area (Å²) < 4.78 is 5.75. The van der Waals surface area contributed by atoms with Crippen LogP contribution in [0.25, 0.3) is 11.5 Å². The molecule has 0 fully saturated rings. The molecule has 0 unspecified atom stereocenters. The molecule has 0 aliphatic heterocycles. The molecule has 2 heterocycles. The minimum Gasteiger partial charge on any atom is -0.423 e. The van der Waals surface area contributed by atoms with Crippen LogP contribution in [0.5, 0.6) is 0 Å². The number of hydrogen-bond acceptors (Lipinski definition) is 4. The Morgan fingerprint density at radius 2 is 2.33 bits per heavy atom. The first-order valence-corrected chi connectivity index (χ1v) is 4.03. The molecular weight excluding hydrogens is 222 g/mol. The van der Waals surface area contributed by atoms with Gasteiger partial charge in [-0.25, -0.2) is 4.98 Å². The van der Waals surface area contributed by atoms with Gasteiger partial charge in [0.1, 0.15) is 4.60 Å². The van der Waals surface area contributed by atoms with Gasteiger partial charge in [-0.1, -0.05) is 0 Å². The second-order valence-corrected chi connectivity index (χ2v) is 2.92. The van der Waals surface area contributed by atoms with E-state index in [1.165, 1.54) is 6.39 Å². The quantitative estimate of drug-likeness (QED) is 0.696. The largest absolute Gasteiger partial charge is 0.423 e. The molecule has 0 bridgehead atoms. The Kier molecular flexibility index (Phi) is 1.87. The molecule has 0 radical (unpaired) electrons. The Bertz CT molecular complexity index is 374. The molecular formula is C7H4BrN3O. The van der Waals surface area contributed by atoms with Gasteiger partial charge in [0, 0.05) is 11.8 Å². The Balaban J connectivity index is 2.48. The van der Waals surface area contributed by atoms with Crippen molar-refractivity contribution in [2.75, 3.05) is 0 Å². The van der Waals surface area contributed by atoms with Gasteiger partial charge < -0.3 is 4.42 Å². The van der Waals surface area contributed by atoms with Crippen molar-refractivity contribution in [2.45, 2.75) is 0 Å². The van der Waals surface area contributed by atoms with E-state index in [0.717, 1.165) is 10.2 Å². The summed E-state index contributed by atoms with van der Waals surface area (Å²) in [4.78, 5) is 3.98. The molecule has 0 N–H and O–H groups in total. The van der Waals surface area contributed by atoms with E-state index in [4.69, 9.17) is 4.42 Å². The number of rotatable bonds is 1. The molecule has 2 aromatic heterocycles. The van der Waals surface area contributed by atoms with E-state index in [1.807, 2.05) is 6.07 Å². The van der Waals surface area contributed by atoms with Gasteiger partial charge in [0.05, 0.1) is 0 Å². The second-order valence-electron chi connectivity index (χ2n) is 2.11. The van der Waals surface area contributed by atoms with Crippen molar-refractivity contribution < 1.29 is 4.42 Å². The molecule has 0 amide bonds. The molecule has 0 aromatic carbocycles. The standard InChI is InChI=1S/C7H4BrN3O/c8-6-3-5(1-2-9-6)7-11-10-4-12-7/h1-4H. The van der Waals surface area contributed by atoms with E-state index in [2.05, 4.69) is 31.1 Å². The van der Waals surface area contributed by atoms with Crippen molar-refractivity contribution in [2.24, 2.45) is 0 Å². The molecule has 2 rings (SSSR count). The van der Waals surface area contributed by atoms with Crippen LogP contribution in [0.1, 0.15) is 0 Å². The van der Waals surface area contributed by atoms with Gasteiger partial charge in [0.25, 0.3) is 0 Å². The zero-order valence-corrected chi connectivity index (χ0v) is 7.52. The van der Waals surface area contributed by atoms with E-state index in [-0.39, 0.29) is 0 Å². The topological polar surface area (TPSA) is 51.8 Å². The van der Waals surface area contributed by atoms with Crippen molar-refractivity contribution >= 4 is 15.9 Å². The van der Waals surface area contributed by atoms with Gasteiger partial charge in [-0.05, 0) is 28.1 Å². The molecule has 0 aliphatic rings. The zero-order chi connectivity index (χ0) is 8.39. The fourth-order valence-electron chi connectivity index (χ4n) is 0.834. The van der Waals surface area contributed by atoms with Gasteiger partial charge in [-0.2, -0.15) is 0 Å². The Morgan fingerprint density at radius 1 is 1.42 bits per heavy atom. The summed E-state index contributed by atoms with van der Waals surface area (Å²) in [5.41, 5.74) is 0.856. The van der Waals surface area contributed by atoms with Crippen molar-refractivity contribution in [3.63, 3.8) is 0 Å². The smallest absolute Gasteiger partial charge is 0.247 e. The van der Waals surface area contributed by atoms with Crippen LogP contribution in [0.4, 0.5) is 0 Å². The number of aromatic nitrogens is 3. The van der Waals surface area contributed by atoms with Crippen molar-refractivity contribution in [3.8, 4) is 11.5 Å². The molecule has 0 saturated carbocycles. The lowest BCUT2D eigenvalue weighted by Crippen LogP contribution is -1.79. The van der Waals surface area contributed by atoms with Gasteiger partial charge in [0.2, 0.25) is 12.3 Å². The Morgan fingerprint density at radius 3 is 3.00 bits per heavy atom. The molecule has 0 atom stereocenters. The third-order valence-electron chi connectivity index (χ3n) is 1.33. The van der Waals surface area contributed by atoms with Crippen LogP contribution in [0.3, 0.4) is 0 Å². The summed E-state index contributed by atoms with van der Waals surface area (Å²) in [6.07, 6.45) is 2.97. The van der Waals surface area contributed by atoms with Crippen molar-refractivity contribution in [3.05, 3.63) is 29.3 Å². The first-order chi connectivity index (χ1) is 5.86. The van der Waals surface area contributed by atoms with Crippen LogP contribution in [0, 0.1) is 0 Å². The average Bonchev–Trinajstić information content (AvgIpc) is 2.56. The third kappa shape index (κ3) is 1.35. The maximum absolute atomic E-state index is 5.00. The minimum absolute atomic E-state index is 0.498. The molecule has 0 saturated heterocycles. The van der Waals surface area contributed by atoms with Crippen LogP contribution in [0.15, 0.2) is 33.7 Å². The highest BCUT2D eigenvalue weighted by Crippen LogP contribution is 2.18. The molecule has 12 heavy (non-hydrogen) atoms. The Hall–Kier alpha value is -1.23. The van der Waals surface area contributed by atoms with Crippen molar-refractivity contribution in [1.29, 1.82) is 0 Å². The van der Waals surface area contributed by atoms with Gasteiger partial charge >= 0.3 is 0 Å². The molecule has 5 heteroatoms. The lowest BCUT2D eigenvalue weighted by atomic mass is 10.3. The summed E-state index contributed by atoms with van der Waals surface area (Å²) in [7, 11) is 0. The summed E-state index contributed by atoms with van der Waals surface area (Å²) in [5.74, 6) is 0.498.